The van der Waals surface area contributed by atoms with Crippen LogP contribution in [0.2, 0.25) is 5.02 Å². The van der Waals surface area contributed by atoms with E-state index in [0.717, 1.165) is 23.9 Å². The zero-order valence-corrected chi connectivity index (χ0v) is 19.0. The van der Waals surface area contributed by atoms with Gasteiger partial charge in [0.05, 0.1) is 22.8 Å². The maximum absolute atomic E-state index is 13.0. The molecule has 1 unspecified atom stereocenters. The molecule has 0 aliphatic rings. The summed E-state index contributed by atoms with van der Waals surface area (Å²) >= 11 is 6.44. The molecule has 0 saturated heterocycles. The number of hydrogen-bond donors (Lipinski definition) is 3. The number of carbonyl (C=O) groups excluding carboxylic acids is 3. The van der Waals surface area contributed by atoms with Crippen molar-refractivity contribution in [3.05, 3.63) is 62.7 Å². The molecular formula is C19H15ClF3N7O3S. The first-order valence-electron chi connectivity index (χ1n) is 9.34. The molecule has 10 nitrogen and oxygen atoms in total. The predicted octanol–water partition coefficient (Wildman–Crippen LogP) is 3.10. The molecule has 34 heavy (non-hydrogen) atoms. The average molecular weight is 514 g/mol. The van der Waals surface area contributed by atoms with Gasteiger partial charge >= 0.3 is 6.18 Å². The lowest BCUT2D eigenvalue weighted by Gasteiger charge is -2.11. The van der Waals surface area contributed by atoms with Gasteiger partial charge in [0.15, 0.2) is 0 Å². The van der Waals surface area contributed by atoms with Gasteiger partial charge in [-0.3, -0.25) is 14.4 Å². The number of nitrogens with one attached hydrogen (secondary N) is 3. The highest BCUT2D eigenvalue weighted by Gasteiger charge is 2.34. The van der Waals surface area contributed by atoms with E-state index in [1.807, 2.05) is 0 Å². The smallest absolute Gasteiger partial charge is 0.354 e. The highest BCUT2D eigenvalue weighted by atomic mass is 35.5. The second-order valence-corrected chi connectivity index (χ2v) is 8.10. The van der Waals surface area contributed by atoms with Crippen molar-refractivity contribution in [2.24, 2.45) is 0 Å². The van der Waals surface area contributed by atoms with Gasteiger partial charge in [-0.15, -0.1) is 11.3 Å². The third-order valence-corrected chi connectivity index (χ3v) is 5.71. The summed E-state index contributed by atoms with van der Waals surface area (Å²) in [6.07, 6.45) is -1.63. The van der Waals surface area contributed by atoms with Gasteiger partial charge in [0, 0.05) is 19.3 Å². The number of amides is 3. The molecule has 3 aromatic heterocycles. The van der Waals surface area contributed by atoms with Gasteiger partial charge < -0.3 is 16.0 Å². The van der Waals surface area contributed by atoms with Crippen LogP contribution >= 0.6 is 22.9 Å². The second kappa shape index (κ2) is 10.1. The van der Waals surface area contributed by atoms with Crippen LogP contribution in [0.25, 0.3) is 0 Å². The number of aromatic nitrogens is 4. The lowest BCUT2D eigenvalue weighted by molar-refractivity contribution is -0.137. The van der Waals surface area contributed by atoms with E-state index in [-0.39, 0.29) is 22.1 Å². The molecule has 0 radical (unpaired) electrons. The van der Waals surface area contributed by atoms with E-state index in [1.54, 1.807) is 6.92 Å². The van der Waals surface area contributed by atoms with Gasteiger partial charge in [0.2, 0.25) is 0 Å². The quantitative estimate of drug-likeness (QED) is 0.460. The van der Waals surface area contributed by atoms with Crippen molar-refractivity contribution in [2.45, 2.75) is 19.1 Å². The van der Waals surface area contributed by atoms with E-state index in [0.29, 0.717) is 11.1 Å². The van der Waals surface area contributed by atoms with Crippen LogP contribution < -0.4 is 16.0 Å². The van der Waals surface area contributed by atoms with Gasteiger partial charge in [-0.1, -0.05) is 11.6 Å². The number of rotatable bonds is 6. The number of nitrogens with zero attached hydrogens (tertiary/aromatic N) is 4. The van der Waals surface area contributed by atoms with Crippen LogP contribution in [0.3, 0.4) is 0 Å². The number of halogens is 4. The summed E-state index contributed by atoms with van der Waals surface area (Å²) < 4.78 is 39.0. The van der Waals surface area contributed by atoms with E-state index >= 15 is 0 Å². The van der Waals surface area contributed by atoms with Crippen LogP contribution in [0, 0.1) is 0 Å². The topological polar surface area (TPSA) is 139 Å². The Morgan fingerprint density at radius 1 is 1.00 bits per heavy atom. The maximum Gasteiger partial charge on any atom is 0.418 e. The molecule has 178 valence electrons. The van der Waals surface area contributed by atoms with Crippen LogP contribution in [0.15, 0.2) is 30.9 Å². The van der Waals surface area contributed by atoms with Gasteiger partial charge in [-0.05, 0) is 13.0 Å². The number of hydrogen-bond acceptors (Lipinski definition) is 8. The highest BCUT2D eigenvalue weighted by Crippen LogP contribution is 2.35. The Morgan fingerprint density at radius 3 is 2.32 bits per heavy atom. The molecule has 15 heteroatoms. The monoisotopic (exact) mass is 513 g/mol. The minimum atomic E-state index is -4.71. The van der Waals surface area contributed by atoms with Crippen LogP contribution in [-0.2, 0) is 6.18 Å². The molecular weight excluding hydrogens is 499 g/mol. The van der Waals surface area contributed by atoms with E-state index in [9.17, 15) is 27.6 Å². The number of pyridine rings is 1. The van der Waals surface area contributed by atoms with Crippen molar-refractivity contribution < 1.29 is 27.6 Å². The molecule has 0 aliphatic carbocycles. The number of thiazole rings is 1. The van der Waals surface area contributed by atoms with E-state index in [4.69, 9.17) is 11.6 Å². The molecule has 3 heterocycles. The van der Waals surface area contributed by atoms with Crippen molar-refractivity contribution in [1.29, 1.82) is 0 Å². The third-order valence-electron chi connectivity index (χ3n) is 4.23. The van der Waals surface area contributed by atoms with Crippen LogP contribution in [0.5, 0.6) is 0 Å². The molecule has 0 fully saturated rings. The Hall–Kier alpha value is -3.65. The molecule has 1 atom stereocenters. The first-order valence-corrected chi connectivity index (χ1v) is 10.5. The maximum atomic E-state index is 13.0. The summed E-state index contributed by atoms with van der Waals surface area (Å²) in [5, 5.41) is 7.03. The highest BCUT2D eigenvalue weighted by molar-refractivity contribution is 7.13. The van der Waals surface area contributed by atoms with Crippen molar-refractivity contribution in [1.82, 2.24) is 30.6 Å². The minimum absolute atomic E-state index is 0.00741. The minimum Gasteiger partial charge on any atom is -0.354 e. The summed E-state index contributed by atoms with van der Waals surface area (Å²) in [5.74, 6) is -2.17. The predicted molar refractivity (Wildman–Crippen MR) is 116 cm³/mol. The molecule has 0 aromatic carbocycles. The SMILES string of the molecule is CNC(=O)c1cc(C(=O)NC(C)c2ncc(C(=O)Nc3cc(C(F)(F)F)c(Cl)cn3)s2)ncn1. The van der Waals surface area contributed by atoms with E-state index in [1.165, 1.54) is 19.3 Å². The first kappa shape index (κ1) is 25.0. The first-order chi connectivity index (χ1) is 16.0. The zero-order valence-electron chi connectivity index (χ0n) is 17.4. The van der Waals surface area contributed by atoms with Crippen LogP contribution in [0.1, 0.15) is 54.2 Å². The third kappa shape index (κ3) is 5.82. The average Bonchev–Trinajstić information content (AvgIpc) is 3.30. The second-order valence-electron chi connectivity index (χ2n) is 6.63. The molecule has 0 spiro atoms. The Morgan fingerprint density at radius 2 is 1.68 bits per heavy atom. The van der Waals surface area contributed by atoms with Crippen LogP contribution in [-0.4, -0.2) is 44.7 Å². The fourth-order valence-corrected chi connectivity index (χ4v) is 3.59. The standard InChI is InChI=1S/C19H15ClF3N7O3S/c1-8(29-16(32)12-4-11(15(31)24-2)27-7-28-12)18-26-6-13(34-18)17(33)30-14-3-9(19(21,22)23)10(20)5-25-14/h3-8H,1-2H3,(H,24,31)(H,29,32)(H,25,30,33). The number of carbonyl (C=O) groups is 3. The zero-order chi connectivity index (χ0) is 25.0. The molecule has 0 aliphatic heterocycles. The fourth-order valence-electron chi connectivity index (χ4n) is 2.56. The Bertz CT molecular complexity index is 1250. The molecule has 3 aromatic rings. The summed E-state index contributed by atoms with van der Waals surface area (Å²) in [7, 11) is 1.42. The molecule has 3 N–H and O–H groups in total. The summed E-state index contributed by atoms with van der Waals surface area (Å²) in [5.41, 5.74) is -1.18. The van der Waals surface area contributed by atoms with Gasteiger partial charge in [0.1, 0.15) is 33.4 Å². The van der Waals surface area contributed by atoms with E-state index < -0.39 is 40.5 Å². The van der Waals surface area contributed by atoms with Gasteiger partial charge in [-0.2, -0.15) is 13.2 Å². The summed E-state index contributed by atoms with van der Waals surface area (Å²) in [6, 6.07) is 1.19. The van der Waals surface area contributed by atoms with Crippen molar-refractivity contribution in [3.8, 4) is 0 Å². The lowest BCUT2D eigenvalue weighted by Crippen LogP contribution is -2.28. The Labute approximate surface area is 199 Å². The molecule has 3 rings (SSSR count). The summed E-state index contributed by atoms with van der Waals surface area (Å²) in [6.45, 7) is 1.61. The van der Waals surface area contributed by atoms with Crippen molar-refractivity contribution in [3.63, 3.8) is 0 Å². The molecule has 0 bridgehead atoms. The Balaban J connectivity index is 1.68. The largest absolute Gasteiger partial charge is 0.418 e. The van der Waals surface area contributed by atoms with E-state index in [2.05, 4.69) is 35.9 Å². The van der Waals surface area contributed by atoms with Crippen LogP contribution in [0.4, 0.5) is 19.0 Å². The van der Waals surface area contributed by atoms with Crippen molar-refractivity contribution >= 4 is 46.5 Å². The van der Waals surface area contributed by atoms with Gasteiger partial charge in [-0.25, -0.2) is 19.9 Å². The number of anilines is 1. The summed E-state index contributed by atoms with van der Waals surface area (Å²) in [4.78, 5) is 52.0. The lowest BCUT2D eigenvalue weighted by atomic mass is 10.2. The van der Waals surface area contributed by atoms with Gasteiger partial charge in [0.25, 0.3) is 17.7 Å². The normalized spacial score (nSPS) is 12.1. The van der Waals surface area contributed by atoms with Crippen molar-refractivity contribution in [2.75, 3.05) is 12.4 Å². The molecule has 3 amide bonds. The molecule has 0 saturated carbocycles. The Kier molecular flexibility index (Phi) is 7.41. The number of alkyl halides is 3. The fraction of sp³-hybridized carbons (Fsp3) is 0.211.